The number of hydrogen-bond acceptors (Lipinski definition) is 4. The van der Waals surface area contributed by atoms with Gasteiger partial charge in [-0.25, -0.2) is 9.97 Å². The van der Waals surface area contributed by atoms with Crippen molar-refractivity contribution >= 4 is 16.9 Å². The maximum absolute atomic E-state index is 6.01. The molecule has 0 spiro atoms. The van der Waals surface area contributed by atoms with Gasteiger partial charge in [0.15, 0.2) is 5.82 Å². The van der Waals surface area contributed by atoms with Gasteiger partial charge in [-0.05, 0) is 24.3 Å². The second kappa shape index (κ2) is 4.57. The van der Waals surface area contributed by atoms with E-state index in [1.807, 2.05) is 48.5 Å². The Hall–Kier alpha value is -2.62. The summed E-state index contributed by atoms with van der Waals surface area (Å²) in [5, 5.41) is 0. The summed E-state index contributed by atoms with van der Waals surface area (Å²) in [7, 11) is 1.63. The predicted octanol–water partition coefficient (Wildman–Crippen LogP) is 2.89. The quantitative estimate of drug-likeness (QED) is 0.760. The van der Waals surface area contributed by atoms with Gasteiger partial charge in [0.05, 0.1) is 18.1 Å². The molecule has 0 bridgehead atoms. The molecule has 0 amide bonds. The highest BCUT2D eigenvalue weighted by Gasteiger charge is 2.12. The number of nitrogen functional groups attached to an aromatic ring is 1. The van der Waals surface area contributed by atoms with Gasteiger partial charge in [-0.1, -0.05) is 24.3 Å². The average molecular weight is 251 g/mol. The van der Waals surface area contributed by atoms with Crippen LogP contribution in [0.15, 0.2) is 48.5 Å². The first kappa shape index (κ1) is 11.5. The van der Waals surface area contributed by atoms with Crippen LogP contribution >= 0.6 is 0 Å². The van der Waals surface area contributed by atoms with E-state index in [1.165, 1.54) is 0 Å². The molecule has 19 heavy (non-hydrogen) atoms. The zero-order chi connectivity index (χ0) is 13.2. The van der Waals surface area contributed by atoms with E-state index >= 15 is 0 Å². The molecule has 1 heterocycles. The molecule has 94 valence electrons. The highest BCUT2D eigenvalue weighted by atomic mass is 16.5. The normalized spacial score (nSPS) is 10.6. The van der Waals surface area contributed by atoms with Crippen LogP contribution in [-0.4, -0.2) is 17.1 Å². The molecule has 0 unspecified atom stereocenters. The third-order valence-electron chi connectivity index (χ3n) is 2.96. The zero-order valence-electron chi connectivity index (χ0n) is 10.5. The number of anilines is 1. The molecule has 2 aromatic carbocycles. The number of fused-ring (bicyclic) bond motifs is 1. The summed E-state index contributed by atoms with van der Waals surface area (Å²) in [6.07, 6.45) is 0. The molecule has 1 aromatic heterocycles. The lowest BCUT2D eigenvalue weighted by atomic mass is 10.1. The SMILES string of the molecule is COc1ccccc1-c1nc2ccccc2nc1N. The number of benzene rings is 2. The summed E-state index contributed by atoms with van der Waals surface area (Å²) in [6, 6.07) is 15.3. The van der Waals surface area contributed by atoms with Crippen molar-refractivity contribution in [1.82, 2.24) is 9.97 Å². The Bertz CT molecular complexity index is 740. The van der Waals surface area contributed by atoms with Gasteiger partial charge in [0.25, 0.3) is 0 Å². The second-order valence-corrected chi connectivity index (χ2v) is 4.15. The minimum Gasteiger partial charge on any atom is -0.496 e. The largest absolute Gasteiger partial charge is 0.496 e. The molecule has 3 rings (SSSR count). The van der Waals surface area contributed by atoms with E-state index in [0.717, 1.165) is 22.3 Å². The first-order chi connectivity index (χ1) is 9.29. The van der Waals surface area contributed by atoms with Crippen molar-refractivity contribution < 1.29 is 4.74 Å². The van der Waals surface area contributed by atoms with Gasteiger partial charge in [-0.3, -0.25) is 0 Å². The van der Waals surface area contributed by atoms with Crippen molar-refractivity contribution in [1.29, 1.82) is 0 Å². The number of nitrogens with zero attached hydrogens (tertiary/aromatic N) is 2. The van der Waals surface area contributed by atoms with E-state index in [9.17, 15) is 0 Å². The highest BCUT2D eigenvalue weighted by Crippen LogP contribution is 2.32. The maximum atomic E-state index is 6.01. The maximum Gasteiger partial charge on any atom is 0.150 e. The molecule has 3 aromatic rings. The summed E-state index contributed by atoms with van der Waals surface area (Å²) in [5.41, 5.74) is 9.12. The van der Waals surface area contributed by atoms with Crippen molar-refractivity contribution in [2.45, 2.75) is 0 Å². The molecule has 0 aliphatic rings. The molecule has 0 aliphatic carbocycles. The standard InChI is InChI=1S/C15H13N3O/c1-19-13-9-5-2-6-10(13)14-15(16)18-12-8-4-3-7-11(12)17-14/h2-9H,1H3,(H2,16,18). The van der Waals surface area contributed by atoms with Crippen molar-refractivity contribution in [3.05, 3.63) is 48.5 Å². The molecule has 0 saturated carbocycles. The Morgan fingerprint density at radius 1 is 0.895 bits per heavy atom. The third-order valence-corrected chi connectivity index (χ3v) is 2.96. The Labute approximate surface area is 110 Å². The fraction of sp³-hybridized carbons (Fsp3) is 0.0667. The number of methoxy groups -OCH3 is 1. The van der Waals surface area contributed by atoms with Gasteiger partial charge >= 0.3 is 0 Å². The summed E-state index contributed by atoms with van der Waals surface area (Å²) in [4.78, 5) is 8.97. The van der Waals surface area contributed by atoms with E-state index < -0.39 is 0 Å². The van der Waals surface area contributed by atoms with Crippen LogP contribution in [0, 0.1) is 0 Å². The fourth-order valence-corrected chi connectivity index (χ4v) is 2.05. The van der Waals surface area contributed by atoms with Crippen molar-refractivity contribution in [2.75, 3.05) is 12.8 Å². The summed E-state index contributed by atoms with van der Waals surface area (Å²) >= 11 is 0. The monoisotopic (exact) mass is 251 g/mol. The van der Waals surface area contributed by atoms with Crippen LogP contribution in [0.4, 0.5) is 5.82 Å². The van der Waals surface area contributed by atoms with E-state index in [1.54, 1.807) is 7.11 Å². The summed E-state index contributed by atoms with van der Waals surface area (Å²) < 4.78 is 5.34. The topological polar surface area (TPSA) is 61.0 Å². The number of para-hydroxylation sites is 3. The lowest BCUT2D eigenvalue weighted by molar-refractivity contribution is 0.416. The molecule has 0 saturated heterocycles. The van der Waals surface area contributed by atoms with Gasteiger partial charge in [0.1, 0.15) is 11.4 Å². The lowest BCUT2D eigenvalue weighted by Crippen LogP contribution is -1.99. The van der Waals surface area contributed by atoms with Crippen LogP contribution < -0.4 is 10.5 Å². The van der Waals surface area contributed by atoms with Gasteiger partial charge in [-0.2, -0.15) is 0 Å². The van der Waals surface area contributed by atoms with Crippen LogP contribution in [0.25, 0.3) is 22.3 Å². The van der Waals surface area contributed by atoms with Gasteiger partial charge in [0.2, 0.25) is 0 Å². The third kappa shape index (κ3) is 1.97. The van der Waals surface area contributed by atoms with Crippen molar-refractivity contribution in [2.24, 2.45) is 0 Å². The summed E-state index contributed by atoms with van der Waals surface area (Å²) in [6.45, 7) is 0. The molecular weight excluding hydrogens is 238 g/mol. The molecule has 0 radical (unpaired) electrons. The van der Waals surface area contributed by atoms with Gasteiger partial charge < -0.3 is 10.5 Å². The minimum absolute atomic E-state index is 0.406. The first-order valence-corrected chi connectivity index (χ1v) is 5.95. The molecule has 4 nitrogen and oxygen atoms in total. The highest BCUT2D eigenvalue weighted by molar-refractivity contribution is 5.84. The Kier molecular flexibility index (Phi) is 2.76. The number of nitrogens with two attached hydrogens (primary N) is 1. The summed E-state index contributed by atoms with van der Waals surface area (Å²) in [5.74, 6) is 1.14. The molecule has 2 N–H and O–H groups in total. The van der Waals surface area contributed by atoms with Crippen LogP contribution in [0.2, 0.25) is 0 Å². The van der Waals surface area contributed by atoms with E-state index in [4.69, 9.17) is 10.5 Å². The van der Waals surface area contributed by atoms with Crippen LogP contribution in [-0.2, 0) is 0 Å². The van der Waals surface area contributed by atoms with E-state index in [0.29, 0.717) is 11.5 Å². The number of rotatable bonds is 2. The predicted molar refractivity (Wildman–Crippen MR) is 75.9 cm³/mol. The lowest BCUT2D eigenvalue weighted by Gasteiger charge is -2.10. The van der Waals surface area contributed by atoms with E-state index in [2.05, 4.69) is 9.97 Å². The van der Waals surface area contributed by atoms with Crippen LogP contribution in [0.5, 0.6) is 5.75 Å². The smallest absolute Gasteiger partial charge is 0.150 e. The first-order valence-electron chi connectivity index (χ1n) is 5.95. The number of ether oxygens (including phenoxy) is 1. The average Bonchev–Trinajstić information content (AvgIpc) is 2.46. The van der Waals surface area contributed by atoms with Crippen LogP contribution in [0.1, 0.15) is 0 Å². The second-order valence-electron chi connectivity index (χ2n) is 4.15. The fourth-order valence-electron chi connectivity index (χ4n) is 2.05. The molecule has 0 atom stereocenters. The Morgan fingerprint density at radius 2 is 1.53 bits per heavy atom. The van der Waals surface area contributed by atoms with E-state index in [-0.39, 0.29) is 0 Å². The number of hydrogen-bond donors (Lipinski definition) is 1. The number of aromatic nitrogens is 2. The molecule has 4 heteroatoms. The zero-order valence-corrected chi connectivity index (χ0v) is 10.5. The van der Waals surface area contributed by atoms with Crippen molar-refractivity contribution in [3.8, 4) is 17.0 Å². The minimum atomic E-state index is 0.406. The Balaban J connectivity index is 2.27. The van der Waals surface area contributed by atoms with Crippen LogP contribution in [0.3, 0.4) is 0 Å². The van der Waals surface area contributed by atoms with Gasteiger partial charge in [-0.15, -0.1) is 0 Å². The molecule has 0 fully saturated rings. The Morgan fingerprint density at radius 3 is 2.26 bits per heavy atom. The molecular formula is C15H13N3O. The van der Waals surface area contributed by atoms with Crippen molar-refractivity contribution in [3.63, 3.8) is 0 Å². The van der Waals surface area contributed by atoms with Gasteiger partial charge in [0, 0.05) is 5.56 Å². The molecule has 0 aliphatic heterocycles.